The maximum Gasteiger partial charge on any atom is 0.210 e. The molecule has 1 aromatic heterocycles. The number of carbonyl (C=O) groups excluding carboxylic acids is 1. The first-order valence-corrected chi connectivity index (χ1v) is 9.80. The van der Waals surface area contributed by atoms with E-state index < -0.39 is 11.6 Å². The summed E-state index contributed by atoms with van der Waals surface area (Å²) in [5, 5.41) is 11.8. The van der Waals surface area contributed by atoms with E-state index in [1.54, 1.807) is 0 Å². The number of hydrogen-bond acceptors (Lipinski definition) is 7. The highest BCUT2D eigenvalue weighted by Gasteiger charge is 2.13. The summed E-state index contributed by atoms with van der Waals surface area (Å²) in [7, 11) is 0. The van der Waals surface area contributed by atoms with Gasteiger partial charge in [0.1, 0.15) is 5.75 Å². The first-order valence-electron chi connectivity index (χ1n) is 8.00. The third kappa shape index (κ3) is 5.01. The van der Waals surface area contributed by atoms with Crippen LogP contribution in [0.2, 0.25) is 0 Å². The summed E-state index contributed by atoms with van der Waals surface area (Å²) in [6, 6.07) is 10.6. The number of carbonyl (C=O) groups is 1. The van der Waals surface area contributed by atoms with Gasteiger partial charge >= 0.3 is 0 Å². The molecule has 0 aliphatic rings. The quantitative estimate of drug-likeness (QED) is 0.422. The van der Waals surface area contributed by atoms with Gasteiger partial charge in [-0.25, -0.2) is 8.78 Å². The summed E-state index contributed by atoms with van der Waals surface area (Å²) in [6.07, 6.45) is 0. The lowest BCUT2D eigenvalue weighted by molar-refractivity contribution is 0.102. The standard InChI is InChI=1S/C18H15F2N3O2S2/c1-2-25-16-6-4-3-5-14(16)21-17-22-23-18(27-17)26-10-15(24)11-7-8-12(19)13(20)9-11/h3-9H,2,10H2,1H3,(H,21,22). The maximum absolute atomic E-state index is 13.2. The van der Waals surface area contributed by atoms with Crippen LogP contribution in [0.5, 0.6) is 5.75 Å². The van der Waals surface area contributed by atoms with Crippen LogP contribution in [0.3, 0.4) is 0 Å². The Hall–Kier alpha value is -2.52. The molecule has 0 spiro atoms. The molecule has 0 radical (unpaired) electrons. The molecule has 0 saturated carbocycles. The lowest BCUT2D eigenvalue weighted by Gasteiger charge is -2.09. The van der Waals surface area contributed by atoms with Crippen LogP contribution in [0.25, 0.3) is 0 Å². The molecule has 2 aromatic carbocycles. The van der Waals surface area contributed by atoms with E-state index in [1.807, 2.05) is 31.2 Å². The third-order valence-corrected chi connectivity index (χ3v) is 5.38. The van der Waals surface area contributed by atoms with Crippen LogP contribution in [0, 0.1) is 11.6 Å². The minimum atomic E-state index is -1.04. The highest BCUT2D eigenvalue weighted by Crippen LogP contribution is 2.31. The molecule has 0 bridgehead atoms. The van der Waals surface area contributed by atoms with Crippen molar-refractivity contribution in [3.63, 3.8) is 0 Å². The molecule has 1 heterocycles. The molecule has 0 saturated heterocycles. The van der Waals surface area contributed by atoms with Gasteiger partial charge in [0.05, 0.1) is 18.0 Å². The van der Waals surface area contributed by atoms with Crippen molar-refractivity contribution in [3.8, 4) is 5.75 Å². The molecule has 140 valence electrons. The first-order chi connectivity index (χ1) is 13.1. The highest BCUT2D eigenvalue weighted by atomic mass is 32.2. The monoisotopic (exact) mass is 407 g/mol. The van der Waals surface area contributed by atoms with Crippen LogP contribution in [0.1, 0.15) is 17.3 Å². The van der Waals surface area contributed by atoms with Gasteiger partial charge in [0.15, 0.2) is 21.8 Å². The number of benzene rings is 2. The molecule has 0 amide bonds. The Kier molecular flexibility index (Phi) is 6.36. The summed E-state index contributed by atoms with van der Waals surface area (Å²) < 4.78 is 32.3. The molecule has 1 N–H and O–H groups in total. The van der Waals surface area contributed by atoms with Gasteiger partial charge in [-0.1, -0.05) is 35.2 Å². The Bertz CT molecular complexity index is 950. The molecular weight excluding hydrogens is 392 g/mol. The molecule has 3 aromatic rings. The number of nitrogens with one attached hydrogen (secondary N) is 1. The van der Waals surface area contributed by atoms with E-state index in [-0.39, 0.29) is 17.1 Å². The van der Waals surface area contributed by atoms with Crippen LogP contribution in [0.4, 0.5) is 19.6 Å². The van der Waals surface area contributed by atoms with Crippen molar-refractivity contribution in [1.29, 1.82) is 0 Å². The summed E-state index contributed by atoms with van der Waals surface area (Å²) in [5.74, 6) is -1.58. The molecule has 9 heteroatoms. The normalized spacial score (nSPS) is 10.6. The molecular formula is C18H15F2N3O2S2. The minimum absolute atomic E-state index is 0.0508. The average Bonchev–Trinajstić information content (AvgIpc) is 3.11. The molecule has 0 atom stereocenters. The van der Waals surface area contributed by atoms with Gasteiger partial charge in [0.25, 0.3) is 0 Å². The number of para-hydroxylation sites is 2. The van der Waals surface area contributed by atoms with Crippen LogP contribution < -0.4 is 10.1 Å². The van der Waals surface area contributed by atoms with Crippen LogP contribution in [-0.2, 0) is 0 Å². The predicted molar refractivity (Wildman–Crippen MR) is 102 cm³/mol. The molecule has 3 rings (SSSR count). The highest BCUT2D eigenvalue weighted by molar-refractivity contribution is 8.01. The Balaban J connectivity index is 1.61. The van der Waals surface area contributed by atoms with E-state index in [0.29, 0.717) is 21.8 Å². The Morgan fingerprint density at radius 3 is 2.78 bits per heavy atom. The van der Waals surface area contributed by atoms with E-state index in [9.17, 15) is 13.6 Å². The summed E-state index contributed by atoms with van der Waals surface area (Å²) in [4.78, 5) is 12.1. The average molecular weight is 407 g/mol. The second-order valence-corrected chi connectivity index (χ2v) is 7.47. The number of nitrogens with zero attached hydrogens (tertiary/aromatic N) is 2. The van der Waals surface area contributed by atoms with Gasteiger partial charge in [0.2, 0.25) is 5.13 Å². The van der Waals surface area contributed by atoms with Crippen molar-refractivity contribution in [1.82, 2.24) is 10.2 Å². The fourth-order valence-electron chi connectivity index (χ4n) is 2.17. The molecule has 27 heavy (non-hydrogen) atoms. The number of anilines is 2. The van der Waals surface area contributed by atoms with E-state index in [4.69, 9.17) is 4.74 Å². The van der Waals surface area contributed by atoms with Crippen LogP contribution in [0.15, 0.2) is 46.8 Å². The summed E-state index contributed by atoms with van der Waals surface area (Å²) in [6.45, 7) is 2.45. The van der Waals surface area contributed by atoms with Gasteiger partial charge in [-0.05, 0) is 37.3 Å². The van der Waals surface area contributed by atoms with E-state index in [2.05, 4.69) is 15.5 Å². The van der Waals surface area contributed by atoms with Crippen molar-refractivity contribution >= 4 is 39.7 Å². The second kappa shape index (κ2) is 8.92. The third-order valence-electron chi connectivity index (χ3n) is 3.40. The van der Waals surface area contributed by atoms with Crippen LogP contribution >= 0.6 is 23.1 Å². The second-order valence-electron chi connectivity index (χ2n) is 5.27. The first kappa shape index (κ1) is 19.2. The predicted octanol–water partition coefficient (Wildman–Crippen LogP) is 4.93. The fraction of sp³-hybridized carbons (Fsp3) is 0.167. The number of hydrogen-bond donors (Lipinski definition) is 1. The Labute approximate surface area is 162 Å². The largest absolute Gasteiger partial charge is 0.492 e. The SMILES string of the molecule is CCOc1ccccc1Nc1nnc(SCC(=O)c2ccc(F)c(F)c2)s1. The molecule has 0 aliphatic carbocycles. The van der Waals surface area contributed by atoms with Crippen molar-refractivity contribution in [2.45, 2.75) is 11.3 Å². The van der Waals surface area contributed by atoms with Crippen molar-refractivity contribution in [2.24, 2.45) is 0 Å². The zero-order valence-electron chi connectivity index (χ0n) is 14.2. The lowest BCUT2D eigenvalue weighted by Crippen LogP contribution is -2.03. The smallest absolute Gasteiger partial charge is 0.210 e. The van der Waals surface area contributed by atoms with Gasteiger partial charge in [0, 0.05) is 5.56 Å². The van der Waals surface area contributed by atoms with E-state index in [1.165, 1.54) is 29.2 Å². The fourth-order valence-corrected chi connectivity index (χ4v) is 3.82. The maximum atomic E-state index is 13.2. The Morgan fingerprint density at radius 1 is 1.19 bits per heavy atom. The number of aromatic nitrogens is 2. The Morgan fingerprint density at radius 2 is 2.00 bits per heavy atom. The zero-order chi connectivity index (χ0) is 19.2. The molecule has 0 unspecified atom stereocenters. The van der Waals surface area contributed by atoms with Crippen molar-refractivity contribution < 1.29 is 18.3 Å². The number of rotatable bonds is 8. The number of thioether (sulfide) groups is 1. The van der Waals surface area contributed by atoms with E-state index >= 15 is 0 Å². The summed E-state index contributed by atoms with van der Waals surface area (Å²) >= 11 is 2.47. The number of halogens is 2. The molecule has 0 fully saturated rings. The van der Waals surface area contributed by atoms with Gasteiger partial charge < -0.3 is 10.1 Å². The topological polar surface area (TPSA) is 64.1 Å². The summed E-state index contributed by atoms with van der Waals surface area (Å²) in [5.41, 5.74) is 0.889. The van der Waals surface area contributed by atoms with Crippen LogP contribution in [-0.4, -0.2) is 28.3 Å². The van der Waals surface area contributed by atoms with Gasteiger partial charge in [-0.15, -0.1) is 10.2 Å². The number of ketones is 1. The zero-order valence-corrected chi connectivity index (χ0v) is 15.9. The van der Waals surface area contributed by atoms with Gasteiger partial charge in [-0.3, -0.25) is 4.79 Å². The lowest BCUT2D eigenvalue weighted by atomic mass is 10.1. The van der Waals surface area contributed by atoms with Crippen molar-refractivity contribution in [2.75, 3.05) is 17.7 Å². The van der Waals surface area contributed by atoms with Gasteiger partial charge in [-0.2, -0.15) is 0 Å². The number of ether oxygens (including phenoxy) is 1. The van der Waals surface area contributed by atoms with E-state index in [0.717, 1.165) is 17.8 Å². The molecule has 5 nitrogen and oxygen atoms in total. The van der Waals surface area contributed by atoms with Crippen molar-refractivity contribution in [3.05, 3.63) is 59.7 Å². The molecule has 0 aliphatic heterocycles. The minimum Gasteiger partial charge on any atom is -0.492 e. The number of Topliss-reactive ketones (excluding diaryl/α,β-unsaturated/α-hetero) is 1.